The second-order valence-electron chi connectivity index (χ2n) is 5.63. The van der Waals surface area contributed by atoms with Crippen LogP contribution in [0.3, 0.4) is 0 Å². The molecule has 0 saturated carbocycles. The van der Waals surface area contributed by atoms with Gasteiger partial charge in [0.2, 0.25) is 0 Å². The molecule has 0 aliphatic rings. The molecule has 2 rings (SSSR count). The van der Waals surface area contributed by atoms with Crippen molar-refractivity contribution < 1.29 is 0 Å². The smallest absolute Gasteiger partial charge is 0.0445 e. The van der Waals surface area contributed by atoms with Crippen LogP contribution in [0.4, 0.5) is 5.69 Å². The van der Waals surface area contributed by atoms with Crippen LogP contribution in [0, 0.1) is 0 Å². The number of nitrogens with two attached hydrogens (primary N) is 1. The third-order valence-corrected chi connectivity index (χ3v) is 4.12. The first kappa shape index (κ1) is 15.8. The largest absolute Gasteiger partial charge is 0.371 e. The van der Waals surface area contributed by atoms with Gasteiger partial charge in [0.1, 0.15) is 0 Å². The van der Waals surface area contributed by atoms with Crippen LogP contribution in [-0.4, -0.2) is 19.6 Å². The van der Waals surface area contributed by atoms with E-state index in [0.717, 1.165) is 19.6 Å². The third-order valence-electron chi connectivity index (χ3n) is 4.12. The molecule has 0 aromatic heterocycles. The molecule has 2 nitrogen and oxygen atoms in total. The molecule has 2 heteroatoms. The van der Waals surface area contributed by atoms with Gasteiger partial charge in [0.05, 0.1) is 0 Å². The second-order valence-corrected chi connectivity index (χ2v) is 5.63. The van der Waals surface area contributed by atoms with Crippen LogP contribution in [0.1, 0.15) is 39.0 Å². The summed E-state index contributed by atoms with van der Waals surface area (Å²) in [6.45, 7) is 5.29. The van der Waals surface area contributed by atoms with Crippen molar-refractivity contribution in [3.05, 3.63) is 42.5 Å². The summed E-state index contributed by atoms with van der Waals surface area (Å²) in [7, 11) is 0. The number of benzene rings is 2. The molecule has 0 heterocycles. The Balaban J connectivity index is 1.96. The third kappa shape index (κ3) is 4.47. The lowest BCUT2D eigenvalue weighted by Gasteiger charge is -2.24. The van der Waals surface area contributed by atoms with E-state index in [1.165, 1.54) is 48.6 Å². The molecule has 114 valence electrons. The standard InChI is InChI=1S/C19H28N2/c1-2-21(16-9-5-3-4-8-15-20)19-14-10-12-17-11-6-7-13-18(17)19/h6-7,10-14H,2-5,8-9,15-16,20H2,1H3. The van der Waals surface area contributed by atoms with Crippen molar-refractivity contribution in [2.75, 3.05) is 24.5 Å². The average Bonchev–Trinajstić information content (AvgIpc) is 2.54. The second kappa shape index (κ2) is 8.68. The zero-order chi connectivity index (χ0) is 14.9. The van der Waals surface area contributed by atoms with Crippen LogP contribution in [0.2, 0.25) is 0 Å². The zero-order valence-electron chi connectivity index (χ0n) is 13.2. The number of fused-ring (bicyclic) bond motifs is 1. The van der Waals surface area contributed by atoms with Gasteiger partial charge in [-0.2, -0.15) is 0 Å². The molecule has 21 heavy (non-hydrogen) atoms. The zero-order valence-corrected chi connectivity index (χ0v) is 13.2. The maximum atomic E-state index is 5.53. The van der Waals surface area contributed by atoms with Gasteiger partial charge in [0, 0.05) is 24.2 Å². The molecular formula is C19H28N2. The van der Waals surface area contributed by atoms with Gasteiger partial charge in [0.25, 0.3) is 0 Å². The summed E-state index contributed by atoms with van der Waals surface area (Å²) >= 11 is 0. The van der Waals surface area contributed by atoms with Gasteiger partial charge in [-0.3, -0.25) is 0 Å². The molecule has 0 amide bonds. The lowest BCUT2D eigenvalue weighted by Crippen LogP contribution is -2.24. The summed E-state index contributed by atoms with van der Waals surface area (Å²) in [6, 6.07) is 15.3. The number of anilines is 1. The van der Waals surface area contributed by atoms with Crippen molar-refractivity contribution in [1.82, 2.24) is 0 Å². The van der Waals surface area contributed by atoms with E-state index in [1.807, 2.05) is 0 Å². The summed E-state index contributed by atoms with van der Waals surface area (Å²) in [4.78, 5) is 2.51. The Labute approximate surface area is 128 Å². The van der Waals surface area contributed by atoms with E-state index in [1.54, 1.807) is 0 Å². The number of unbranched alkanes of at least 4 members (excludes halogenated alkanes) is 4. The molecule has 0 saturated heterocycles. The predicted molar refractivity (Wildman–Crippen MR) is 94.0 cm³/mol. The number of hydrogen-bond donors (Lipinski definition) is 1. The topological polar surface area (TPSA) is 29.3 Å². The molecule has 0 unspecified atom stereocenters. The van der Waals surface area contributed by atoms with Gasteiger partial charge in [-0.1, -0.05) is 55.7 Å². The summed E-state index contributed by atoms with van der Waals surface area (Å²) in [5, 5.41) is 2.70. The fourth-order valence-electron chi connectivity index (χ4n) is 2.91. The number of hydrogen-bond acceptors (Lipinski definition) is 2. The Kier molecular flexibility index (Phi) is 6.55. The van der Waals surface area contributed by atoms with Gasteiger partial charge in [-0.25, -0.2) is 0 Å². The van der Waals surface area contributed by atoms with Crippen molar-refractivity contribution in [1.29, 1.82) is 0 Å². The van der Waals surface area contributed by atoms with E-state index in [4.69, 9.17) is 5.73 Å². The van der Waals surface area contributed by atoms with E-state index in [0.29, 0.717) is 0 Å². The Morgan fingerprint density at radius 3 is 2.38 bits per heavy atom. The first-order valence-electron chi connectivity index (χ1n) is 8.29. The van der Waals surface area contributed by atoms with E-state index in [2.05, 4.69) is 54.3 Å². The van der Waals surface area contributed by atoms with Crippen molar-refractivity contribution >= 4 is 16.5 Å². The molecule has 2 aromatic carbocycles. The van der Waals surface area contributed by atoms with E-state index in [-0.39, 0.29) is 0 Å². The Hall–Kier alpha value is -1.54. The summed E-state index contributed by atoms with van der Waals surface area (Å²) in [5.74, 6) is 0. The Bertz CT molecular complexity index is 531. The highest BCUT2D eigenvalue weighted by Gasteiger charge is 2.07. The minimum Gasteiger partial charge on any atom is -0.371 e. The normalized spacial score (nSPS) is 11.0. The number of nitrogens with zero attached hydrogens (tertiary/aromatic N) is 1. The fraction of sp³-hybridized carbons (Fsp3) is 0.474. The predicted octanol–water partition coefficient (Wildman–Crippen LogP) is 4.58. The van der Waals surface area contributed by atoms with Crippen LogP contribution in [-0.2, 0) is 0 Å². The van der Waals surface area contributed by atoms with Gasteiger partial charge in [-0.15, -0.1) is 0 Å². The summed E-state index contributed by atoms with van der Waals surface area (Å²) in [5.41, 5.74) is 6.91. The fourth-order valence-corrected chi connectivity index (χ4v) is 2.91. The number of rotatable bonds is 9. The highest BCUT2D eigenvalue weighted by molar-refractivity contribution is 5.94. The van der Waals surface area contributed by atoms with Crippen LogP contribution in [0.5, 0.6) is 0 Å². The minimum atomic E-state index is 0.830. The van der Waals surface area contributed by atoms with Gasteiger partial charge >= 0.3 is 0 Å². The summed E-state index contributed by atoms with van der Waals surface area (Å²) in [6.07, 6.45) is 6.32. The molecule has 2 aromatic rings. The van der Waals surface area contributed by atoms with E-state index >= 15 is 0 Å². The monoisotopic (exact) mass is 284 g/mol. The molecule has 0 bridgehead atoms. The molecule has 0 spiro atoms. The lowest BCUT2D eigenvalue weighted by molar-refractivity contribution is 0.610. The quantitative estimate of drug-likeness (QED) is 0.683. The highest BCUT2D eigenvalue weighted by atomic mass is 15.1. The molecule has 2 N–H and O–H groups in total. The van der Waals surface area contributed by atoms with Crippen LogP contribution >= 0.6 is 0 Å². The van der Waals surface area contributed by atoms with Gasteiger partial charge < -0.3 is 10.6 Å². The van der Waals surface area contributed by atoms with Crippen LogP contribution in [0.25, 0.3) is 10.8 Å². The van der Waals surface area contributed by atoms with E-state index < -0.39 is 0 Å². The van der Waals surface area contributed by atoms with Crippen LogP contribution < -0.4 is 10.6 Å². The molecule has 0 aliphatic heterocycles. The maximum absolute atomic E-state index is 5.53. The van der Waals surface area contributed by atoms with Crippen LogP contribution in [0.15, 0.2) is 42.5 Å². The Morgan fingerprint density at radius 2 is 1.57 bits per heavy atom. The van der Waals surface area contributed by atoms with Crippen molar-refractivity contribution in [2.24, 2.45) is 5.73 Å². The van der Waals surface area contributed by atoms with Crippen molar-refractivity contribution in [3.63, 3.8) is 0 Å². The van der Waals surface area contributed by atoms with Gasteiger partial charge in [0.15, 0.2) is 0 Å². The molecule has 0 fully saturated rings. The highest BCUT2D eigenvalue weighted by Crippen LogP contribution is 2.26. The maximum Gasteiger partial charge on any atom is 0.0445 e. The SMILES string of the molecule is CCN(CCCCCCCN)c1cccc2ccccc12. The van der Waals surface area contributed by atoms with Crippen molar-refractivity contribution in [3.8, 4) is 0 Å². The van der Waals surface area contributed by atoms with Gasteiger partial charge in [-0.05, 0) is 37.8 Å². The average molecular weight is 284 g/mol. The molecule has 0 atom stereocenters. The molecular weight excluding hydrogens is 256 g/mol. The summed E-state index contributed by atoms with van der Waals surface area (Å²) < 4.78 is 0. The first-order valence-corrected chi connectivity index (χ1v) is 8.29. The molecule has 0 aliphatic carbocycles. The first-order chi connectivity index (χ1) is 10.4. The molecule has 0 radical (unpaired) electrons. The Morgan fingerprint density at radius 1 is 0.857 bits per heavy atom. The van der Waals surface area contributed by atoms with Crippen molar-refractivity contribution in [2.45, 2.75) is 39.0 Å². The minimum absolute atomic E-state index is 0.830. The lowest BCUT2D eigenvalue weighted by atomic mass is 10.1. The van der Waals surface area contributed by atoms with E-state index in [9.17, 15) is 0 Å².